The van der Waals surface area contributed by atoms with Crippen LogP contribution in [0.1, 0.15) is 42.0 Å². The lowest BCUT2D eigenvalue weighted by atomic mass is 10.0. The Bertz CT molecular complexity index is 441. The summed E-state index contributed by atoms with van der Waals surface area (Å²) in [5.41, 5.74) is 1.19. The summed E-state index contributed by atoms with van der Waals surface area (Å²) in [6.45, 7) is 0. The Morgan fingerprint density at radius 3 is 2.87 bits per heavy atom. The van der Waals surface area contributed by atoms with E-state index >= 15 is 0 Å². The molecule has 0 unspecified atom stereocenters. The number of rotatable bonds is 1. The van der Waals surface area contributed by atoms with Gasteiger partial charge >= 0.3 is 0 Å². The fraction of sp³-hybridized carbons (Fsp3) is 0.308. The molecule has 1 heterocycles. The van der Waals surface area contributed by atoms with Crippen molar-refractivity contribution in [2.75, 3.05) is 0 Å². The predicted molar refractivity (Wildman–Crippen MR) is 57.5 cm³/mol. The van der Waals surface area contributed by atoms with Crippen LogP contribution in [0, 0.1) is 11.8 Å². The maximum absolute atomic E-state index is 10.4. The van der Waals surface area contributed by atoms with Gasteiger partial charge in [-0.15, -0.1) is 0 Å². The molecule has 2 rings (SSSR count). The van der Waals surface area contributed by atoms with Gasteiger partial charge in [-0.1, -0.05) is 12.0 Å². The summed E-state index contributed by atoms with van der Waals surface area (Å²) in [5.74, 6) is 6.89. The van der Waals surface area contributed by atoms with Crippen LogP contribution in [-0.4, -0.2) is 6.29 Å². The van der Waals surface area contributed by atoms with Crippen molar-refractivity contribution in [3.63, 3.8) is 0 Å². The standard InChI is InChI=1S/C13H12O2/c14-10-13-9-8-12(15-13)7-6-11-4-2-1-3-5-11/h4,8-10H,1-3,5H2. The highest BCUT2D eigenvalue weighted by Gasteiger charge is 2.00. The van der Waals surface area contributed by atoms with Crippen LogP contribution < -0.4 is 0 Å². The molecule has 15 heavy (non-hydrogen) atoms. The molecule has 0 atom stereocenters. The molecule has 1 aliphatic rings. The number of hydrogen-bond acceptors (Lipinski definition) is 2. The van der Waals surface area contributed by atoms with E-state index < -0.39 is 0 Å². The van der Waals surface area contributed by atoms with Crippen molar-refractivity contribution in [2.45, 2.75) is 25.7 Å². The first-order valence-corrected chi connectivity index (χ1v) is 5.14. The lowest BCUT2D eigenvalue weighted by molar-refractivity contribution is 0.110. The maximum atomic E-state index is 10.4. The van der Waals surface area contributed by atoms with Crippen molar-refractivity contribution >= 4 is 6.29 Å². The smallest absolute Gasteiger partial charge is 0.185 e. The number of allylic oxidation sites excluding steroid dienone is 2. The molecule has 0 amide bonds. The molecule has 0 aromatic carbocycles. The molecule has 0 aliphatic heterocycles. The van der Waals surface area contributed by atoms with Gasteiger partial charge in [0, 0.05) is 0 Å². The summed E-state index contributed by atoms with van der Waals surface area (Å²) in [4.78, 5) is 10.4. The Balaban J connectivity index is 2.10. The van der Waals surface area contributed by atoms with Gasteiger partial charge in [0.1, 0.15) is 0 Å². The summed E-state index contributed by atoms with van der Waals surface area (Å²) in [5, 5.41) is 0. The third kappa shape index (κ3) is 2.60. The van der Waals surface area contributed by atoms with Crippen LogP contribution >= 0.6 is 0 Å². The molecule has 2 heteroatoms. The summed E-state index contributed by atoms with van der Waals surface area (Å²) in [6.07, 6.45) is 7.54. The minimum atomic E-state index is 0.330. The molecule has 0 radical (unpaired) electrons. The molecule has 76 valence electrons. The highest BCUT2D eigenvalue weighted by atomic mass is 16.3. The van der Waals surface area contributed by atoms with Crippen molar-refractivity contribution in [1.29, 1.82) is 0 Å². The van der Waals surface area contributed by atoms with E-state index in [1.165, 1.54) is 18.4 Å². The second-order valence-corrected chi connectivity index (χ2v) is 3.55. The molecular weight excluding hydrogens is 188 g/mol. The molecule has 1 aromatic rings. The lowest BCUT2D eigenvalue weighted by Crippen LogP contribution is -1.88. The number of carbonyl (C=O) groups excluding carboxylic acids is 1. The summed E-state index contributed by atoms with van der Waals surface area (Å²) in [7, 11) is 0. The maximum Gasteiger partial charge on any atom is 0.185 e. The average molecular weight is 200 g/mol. The van der Waals surface area contributed by atoms with Crippen LogP contribution in [0.5, 0.6) is 0 Å². The second kappa shape index (κ2) is 4.65. The van der Waals surface area contributed by atoms with Gasteiger partial charge in [-0.2, -0.15) is 0 Å². The number of aldehydes is 1. The predicted octanol–water partition coefficient (Wildman–Crippen LogP) is 2.94. The minimum absolute atomic E-state index is 0.330. The Hall–Kier alpha value is -1.75. The van der Waals surface area contributed by atoms with Crippen LogP contribution in [0.2, 0.25) is 0 Å². The highest BCUT2D eigenvalue weighted by Crippen LogP contribution is 2.16. The molecule has 0 bridgehead atoms. The van der Waals surface area contributed by atoms with Gasteiger partial charge in [0.05, 0.1) is 0 Å². The quantitative estimate of drug-likeness (QED) is 0.515. The molecule has 0 fully saturated rings. The van der Waals surface area contributed by atoms with Crippen molar-refractivity contribution in [1.82, 2.24) is 0 Å². The summed E-state index contributed by atoms with van der Waals surface area (Å²) in [6, 6.07) is 3.35. The SMILES string of the molecule is O=Cc1ccc(C#CC2=CCCCC2)o1. The van der Waals surface area contributed by atoms with Gasteiger partial charge < -0.3 is 4.42 Å². The van der Waals surface area contributed by atoms with Gasteiger partial charge in [0.2, 0.25) is 0 Å². The lowest BCUT2D eigenvalue weighted by Gasteiger charge is -2.05. The van der Waals surface area contributed by atoms with E-state index in [2.05, 4.69) is 17.9 Å². The fourth-order valence-corrected chi connectivity index (χ4v) is 1.58. The van der Waals surface area contributed by atoms with Crippen LogP contribution in [0.3, 0.4) is 0 Å². The first kappa shape index (κ1) is 9.79. The minimum Gasteiger partial charge on any atom is -0.445 e. The van der Waals surface area contributed by atoms with Gasteiger partial charge in [-0.05, 0) is 49.3 Å². The van der Waals surface area contributed by atoms with Crippen LogP contribution in [0.25, 0.3) is 0 Å². The molecule has 1 aromatic heterocycles. The van der Waals surface area contributed by atoms with Gasteiger partial charge in [-0.3, -0.25) is 4.79 Å². The zero-order chi connectivity index (χ0) is 10.5. The number of carbonyl (C=O) groups is 1. The van der Waals surface area contributed by atoms with Gasteiger partial charge in [-0.25, -0.2) is 0 Å². The highest BCUT2D eigenvalue weighted by molar-refractivity contribution is 5.70. The largest absolute Gasteiger partial charge is 0.445 e. The molecule has 0 saturated heterocycles. The van der Waals surface area contributed by atoms with E-state index in [4.69, 9.17) is 4.42 Å². The normalized spacial score (nSPS) is 15.1. The van der Waals surface area contributed by atoms with Gasteiger partial charge in [0.15, 0.2) is 17.8 Å². The molecule has 2 nitrogen and oxygen atoms in total. The summed E-state index contributed by atoms with van der Waals surface area (Å²) >= 11 is 0. The molecule has 0 saturated carbocycles. The van der Waals surface area contributed by atoms with Crippen molar-refractivity contribution in [2.24, 2.45) is 0 Å². The third-order valence-electron chi connectivity index (χ3n) is 2.38. The van der Waals surface area contributed by atoms with E-state index in [0.29, 0.717) is 17.8 Å². The third-order valence-corrected chi connectivity index (χ3v) is 2.38. The van der Waals surface area contributed by atoms with Crippen LogP contribution in [0.15, 0.2) is 28.2 Å². The fourth-order valence-electron chi connectivity index (χ4n) is 1.58. The molecule has 1 aliphatic carbocycles. The van der Waals surface area contributed by atoms with E-state index in [1.807, 2.05) is 0 Å². The zero-order valence-electron chi connectivity index (χ0n) is 8.45. The first-order chi connectivity index (χ1) is 7.38. The Kier molecular flexibility index (Phi) is 3.04. The molecule has 0 N–H and O–H groups in total. The van der Waals surface area contributed by atoms with Crippen molar-refractivity contribution in [3.05, 3.63) is 35.3 Å². The van der Waals surface area contributed by atoms with E-state index in [1.54, 1.807) is 12.1 Å². The van der Waals surface area contributed by atoms with Gasteiger partial charge in [0.25, 0.3) is 0 Å². The monoisotopic (exact) mass is 200 g/mol. The Morgan fingerprint density at radius 1 is 1.27 bits per heavy atom. The zero-order valence-corrected chi connectivity index (χ0v) is 8.45. The second-order valence-electron chi connectivity index (χ2n) is 3.55. The first-order valence-electron chi connectivity index (χ1n) is 5.14. The van der Waals surface area contributed by atoms with E-state index in [0.717, 1.165) is 12.8 Å². The molecular formula is C13H12O2. The van der Waals surface area contributed by atoms with Crippen molar-refractivity contribution < 1.29 is 9.21 Å². The Labute approximate surface area is 89.0 Å². The van der Waals surface area contributed by atoms with E-state index in [-0.39, 0.29) is 0 Å². The van der Waals surface area contributed by atoms with Crippen LogP contribution in [0.4, 0.5) is 0 Å². The molecule has 0 spiro atoms. The average Bonchev–Trinajstić information content (AvgIpc) is 2.76. The summed E-state index contributed by atoms with van der Waals surface area (Å²) < 4.78 is 5.15. The Morgan fingerprint density at radius 2 is 2.20 bits per heavy atom. The topological polar surface area (TPSA) is 30.2 Å². The van der Waals surface area contributed by atoms with Crippen molar-refractivity contribution in [3.8, 4) is 11.8 Å². The number of furan rings is 1. The number of hydrogen-bond donors (Lipinski definition) is 0. The van der Waals surface area contributed by atoms with E-state index in [9.17, 15) is 4.79 Å². The van der Waals surface area contributed by atoms with Crippen LogP contribution in [-0.2, 0) is 0 Å².